The molecule has 0 fully saturated rings. The number of nitrogens with zero attached hydrogens (tertiary/aromatic N) is 3. The highest BCUT2D eigenvalue weighted by Gasteiger charge is 2.12. The molecular weight excluding hydrogens is 366 g/mol. The maximum atomic E-state index is 12.4. The van der Waals surface area contributed by atoms with E-state index in [2.05, 4.69) is 5.10 Å². The molecule has 1 aromatic heterocycles. The zero-order chi connectivity index (χ0) is 20.6. The molecule has 6 heteroatoms. The van der Waals surface area contributed by atoms with E-state index < -0.39 is 0 Å². The minimum absolute atomic E-state index is 0.0316. The topological polar surface area (TPSA) is 64.4 Å². The van der Waals surface area contributed by atoms with Gasteiger partial charge in [0.25, 0.3) is 5.91 Å². The summed E-state index contributed by atoms with van der Waals surface area (Å²) in [7, 11) is 1.75. The van der Waals surface area contributed by atoms with Crippen molar-refractivity contribution in [1.82, 2.24) is 14.7 Å². The van der Waals surface area contributed by atoms with Crippen molar-refractivity contribution in [2.45, 2.75) is 26.3 Å². The monoisotopic (exact) mass is 391 g/mol. The highest BCUT2D eigenvalue weighted by Crippen LogP contribution is 2.14. The van der Waals surface area contributed by atoms with E-state index in [0.717, 1.165) is 16.8 Å². The Bertz CT molecular complexity index is 949. The first-order valence-electron chi connectivity index (χ1n) is 9.55. The highest BCUT2D eigenvalue weighted by molar-refractivity contribution is 5.77. The molecule has 0 bridgehead atoms. The average molecular weight is 391 g/mol. The summed E-state index contributed by atoms with van der Waals surface area (Å²) in [6, 6.07) is 17.3. The second-order valence-corrected chi connectivity index (χ2v) is 7.01. The fourth-order valence-corrected chi connectivity index (χ4v) is 2.85. The molecule has 6 nitrogen and oxygen atoms in total. The smallest absolute Gasteiger partial charge is 0.260 e. The van der Waals surface area contributed by atoms with Crippen LogP contribution in [0.2, 0.25) is 0 Å². The molecule has 3 aromatic rings. The van der Waals surface area contributed by atoms with Crippen LogP contribution in [0.15, 0.2) is 67.0 Å². The Kier molecular flexibility index (Phi) is 6.79. The molecule has 1 heterocycles. The van der Waals surface area contributed by atoms with Gasteiger partial charge >= 0.3 is 0 Å². The van der Waals surface area contributed by atoms with Crippen LogP contribution in [0.4, 0.5) is 0 Å². The van der Waals surface area contributed by atoms with E-state index in [9.17, 15) is 9.59 Å². The SMILES string of the molecule is CC(=O)CCc1ccc(OCC(=O)N(C)Cc2cnn(-c3ccccc3)c2)cc1. The number of para-hydroxylation sites is 1. The van der Waals surface area contributed by atoms with Crippen molar-refractivity contribution < 1.29 is 14.3 Å². The summed E-state index contributed by atoms with van der Waals surface area (Å²) < 4.78 is 7.39. The van der Waals surface area contributed by atoms with Gasteiger partial charge in [-0.05, 0) is 43.2 Å². The third kappa shape index (κ3) is 6.04. The molecule has 0 atom stereocenters. The normalized spacial score (nSPS) is 10.6. The Morgan fingerprint density at radius 2 is 1.76 bits per heavy atom. The molecule has 0 spiro atoms. The van der Waals surface area contributed by atoms with Crippen molar-refractivity contribution in [2.24, 2.45) is 0 Å². The Labute approximate surface area is 170 Å². The Morgan fingerprint density at radius 3 is 2.45 bits per heavy atom. The second kappa shape index (κ2) is 9.68. The predicted octanol–water partition coefficient (Wildman–Crippen LogP) is 3.43. The van der Waals surface area contributed by atoms with E-state index in [4.69, 9.17) is 4.74 Å². The minimum Gasteiger partial charge on any atom is -0.484 e. The van der Waals surface area contributed by atoms with E-state index in [0.29, 0.717) is 25.1 Å². The Balaban J connectivity index is 1.48. The van der Waals surface area contributed by atoms with Crippen LogP contribution < -0.4 is 4.74 Å². The highest BCUT2D eigenvalue weighted by atomic mass is 16.5. The van der Waals surface area contributed by atoms with Gasteiger partial charge < -0.3 is 14.4 Å². The van der Waals surface area contributed by atoms with Crippen LogP contribution in [0.5, 0.6) is 5.75 Å². The Morgan fingerprint density at radius 1 is 1.03 bits per heavy atom. The molecule has 0 radical (unpaired) electrons. The molecular formula is C23H25N3O3. The van der Waals surface area contributed by atoms with Gasteiger partial charge in [0.1, 0.15) is 11.5 Å². The molecule has 0 saturated heterocycles. The summed E-state index contributed by atoms with van der Waals surface area (Å²) in [6.07, 6.45) is 4.93. The zero-order valence-electron chi connectivity index (χ0n) is 16.7. The summed E-state index contributed by atoms with van der Waals surface area (Å²) >= 11 is 0. The lowest BCUT2D eigenvalue weighted by Gasteiger charge is -2.16. The number of carbonyl (C=O) groups is 2. The van der Waals surface area contributed by atoms with Crippen LogP contribution in [-0.4, -0.2) is 40.0 Å². The van der Waals surface area contributed by atoms with Gasteiger partial charge in [0.05, 0.1) is 11.9 Å². The van der Waals surface area contributed by atoms with Gasteiger partial charge in [-0.15, -0.1) is 0 Å². The number of rotatable bonds is 9. The fraction of sp³-hybridized carbons (Fsp3) is 0.261. The molecule has 0 aliphatic rings. The van der Waals surface area contributed by atoms with Crippen LogP contribution in [0.25, 0.3) is 5.69 Å². The first-order chi connectivity index (χ1) is 14.0. The molecule has 3 rings (SSSR count). The van der Waals surface area contributed by atoms with Crippen molar-refractivity contribution in [1.29, 1.82) is 0 Å². The number of ether oxygens (including phenoxy) is 1. The quantitative estimate of drug-likeness (QED) is 0.561. The molecule has 0 saturated carbocycles. The fourth-order valence-electron chi connectivity index (χ4n) is 2.85. The van der Waals surface area contributed by atoms with Crippen molar-refractivity contribution in [3.05, 3.63) is 78.1 Å². The standard InChI is InChI=1S/C23H25N3O3/c1-18(27)8-9-19-10-12-22(13-11-19)29-17-23(28)25(2)15-20-14-24-26(16-20)21-6-4-3-5-7-21/h3-7,10-14,16H,8-9,15,17H2,1-2H3. The number of amides is 1. The third-order valence-corrected chi connectivity index (χ3v) is 4.55. The predicted molar refractivity (Wildman–Crippen MR) is 111 cm³/mol. The van der Waals surface area contributed by atoms with Gasteiger partial charge in [0, 0.05) is 31.8 Å². The first-order valence-corrected chi connectivity index (χ1v) is 9.55. The molecule has 1 amide bonds. The summed E-state index contributed by atoms with van der Waals surface area (Å²) in [4.78, 5) is 25.1. The molecule has 0 unspecified atom stereocenters. The van der Waals surface area contributed by atoms with E-state index in [1.54, 1.807) is 29.7 Å². The van der Waals surface area contributed by atoms with Crippen molar-refractivity contribution in [3.63, 3.8) is 0 Å². The van der Waals surface area contributed by atoms with Gasteiger partial charge in [-0.3, -0.25) is 4.79 Å². The molecule has 29 heavy (non-hydrogen) atoms. The molecule has 150 valence electrons. The van der Waals surface area contributed by atoms with E-state index in [1.807, 2.05) is 60.8 Å². The molecule has 0 aliphatic carbocycles. The number of likely N-dealkylation sites (N-methyl/N-ethyl adjacent to an activating group) is 1. The summed E-state index contributed by atoms with van der Waals surface area (Å²) in [5.74, 6) is 0.696. The number of carbonyl (C=O) groups excluding carboxylic acids is 2. The largest absolute Gasteiger partial charge is 0.484 e. The van der Waals surface area contributed by atoms with E-state index >= 15 is 0 Å². The van der Waals surface area contributed by atoms with Crippen LogP contribution >= 0.6 is 0 Å². The lowest BCUT2D eigenvalue weighted by atomic mass is 10.1. The average Bonchev–Trinajstić information content (AvgIpc) is 3.20. The summed E-state index contributed by atoms with van der Waals surface area (Å²) in [6.45, 7) is 2.02. The maximum Gasteiger partial charge on any atom is 0.260 e. The minimum atomic E-state index is -0.113. The lowest BCUT2D eigenvalue weighted by molar-refractivity contribution is -0.132. The van der Waals surface area contributed by atoms with Crippen LogP contribution in [-0.2, 0) is 22.6 Å². The van der Waals surface area contributed by atoms with Gasteiger partial charge in [-0.25, -0.2) is 4.68 Å². The number of benzene rings is 2. The van der Waals surface area contributed by atoms with Crippen LogP contribution in [0, 0.1) is 0 Å². The lowest BCUT2D eigenvalue weighted by Crippen LogP contribution is -2.30. The van der Waals surface area contributed by atoms with E-state index in [-0.39, 0.29) is 18.3 Å². The van der Waals surface area contributed by atoms with Gasteiger partial charge in [-0.1, -0.05) is 30.3 Å². The number of aromatic nitrogens is 2. The summed E-state index contributed by atoms with van der Waals surface area (Å²) in [5.41, 5.74) is 2.99. The molecule has 0 aliphatic heterocycles. The molecule has 2 aromatic carbocycles. The summed E-state index contributed by atoms with van der Waals surface area (Å²) in [5, 5.41) is 4.35. The zero-order valence-corrected chi connectivity index (χ0v) is 16.7. The third-order valence-electron chi connectivity index (χ3n) is 4.55. The van der Waals surface area contributed by atoms with Crippen molar-refractivity contribution in [2.75, 3.05) is 13.7 Å². The number of aryl methyl sites for hydroxylation is 1. The van der Waals surface area contributed by atoms with Crippen molar-refractivity contribution >= 4 is 11.7 Å². The number of hydrogen-bond acceptors (Lipinski definition) is 4. The maximum absolute atomic E-state index is 12.4. The first kappa shape index (κ1) is 20.3. The number of ketones is 1. The molecule has 0 N–H and O–H groups in total. The van der Waals surface area contributed by atoms with Crippen LogP contribution in [0.3, 0.4) is 0 Å². The van der Waals surface area contributed by atoms with Gasteiger partial charge in [-0.2, -0.15) is 5.10 Å². The Hall–Kier alpha value is -3.41. The van der Waals surface area contributed by atoms with Gasteiger partial charge in [0.15, 0.2) is 6.61 Å². The number of hydrogen-bond donors (Lipinski definition) is 0. The van der Waals surface area contributed by atoms with E-state index in [1.165, 1.54) is 0 Å². The van der Waals surface area contributed by atoms with Crippen LogP contribution in [0.1, 0.15) is 24.5 Å². The van der Waals surface area contributed by atoms with Gasteiger partial charge in [0.2, 0.25) is 0 Å². The van der Waals surface area contributed by atoms with Crippen molar-refractivity contribution in [3.8, 4) is 11.4 Å². The second-order valence-electron chi connectivity index (χ2n) is 7.01. The number of Topliss-reactive ketones (excluding diaryl/α,β-unsaturated/α-hetero) is 1.